The lowest BCUT2D eigenvalue weighted by molar-refractivity contribution is -0.457. The smallest absolute Gasteiger partial charge is 0.377 e. The Morgan fingerprint density at radius 3 is 1.14 bits per heavy atom. The largest absolute Gasteiger partial charge is 0.500 e. The van der Waals surface area contributed by atoms with Gasteiger partial charge < -0.3 is 13.3 Å². The maximum atomic E-state index is 14.5. The second kappa shape index (κ2) is 9.65. The van der Waals surface area contributed by atoms with E-state index in [1.807, 2.05) is 0 Å². The molecule has 0 fully saturated rings. The Morgan fingerprint density at radius 2 is 0.857 bits per heavy atom. The van der Waals surface area contributed by atoms with E-state index in [0.29, 0.717) is 14.2 Å². The first-order chi connectivity index (χ1) is 15.1. The maximum Gasteiger partial charge on any atom is 0.500 e. The molecule has 1 unspecified atom stereocenters. The van der Waals surface area contributed by atoms with Crippen LogP contribution in [0.4, 0.5) is 74.6 Å². The van der Waals surface area contributed by atoms with Gasteiger partial charge in [0.15, 0.2) is 0 Å². The first-order valence-electron chi connectivity index (χ1n) is 8.59. The van der Waals surface area contributed by atoms with Gasteiger partial charge in [-0.3, -0.25) is 0 Å². The van der Waals surface area contributed by atoms with Crippen molar-refractivity contribution in [1.82, 2.24) is 0 Å². The van der Waals surface area contributed by atoms with E-state index in [4.69, 9.17) is 0 Å². The highest BCUT2D eigenvalue weighted by atomic mass is 28.4. The zero-order valence-electron chi connectivity index (χ0n) is 17.3. The van der Waals surface area contributed by atoms with Gasteiger partial charge in [0.25, 0.3) is 5.67 Å². The minimum Gasteiger partial charge on any atom is -0.377 e. The van der Waals surface area contributed by atoms with Crippen LogP contribution in [0.5, 0.6) is 0 Å². The predicted molar refractivity (Wildman–Crippen MR) is 81.5 cm³/mol. The molecule has 0 N–H and O–H groups in total. The molecule has 0 amide bonds. The summed E-state index contributed by atoms with van der Waals surface area (Å²) in [5.74, 6) is -42.0. The van der Waals surface area contributed by atoms with E-state index in [2.05, 4.69) is 13.3 Å². The highest BCUT2D eigenvalue weighted by Gasteiger charge is 2.95. The standard InChI is InChI=1S/C14H15F17O3Si/c1-4-5-35(32-2,33-3)34-6-7(15,13(26,27)28)8(16,17)9(18,19)10(20,21)11(22,23)12(24,25)14(29,30)31/h4-6H2,1-3H3. The van der Waals surface area contributed by atoms with Crippen LogP contribution in [-0.2, 0) is 13.3 Å². The highest BCUT2D eigenvalue weighted by Crippen LogP contribution is 2.63. The molecule has 0 spiro atoms. The van der Waals surface area contributed by atoms with Crippen molar-refractivity contribution >= 4 is 8.80 Å². The summed E-state index contributed by atoms with van der Waals surface area (Å²) >= 11 is 0. The predicted octanol–water partition coefficient (Wildman–Crippen LogP) is 6.65. The number of hydrogen-bond acceptors (Lipinski definition) is 3. The van der Waals surface area contributed by atoms with Gasteiger partial charge in [-0.2, -0.15) is 70.2 Å². The van der Waals surface area contributed by atoms with Gasteiger partial charge in [0.05, 0.1) is 6.61 Å². The van der Waals surface area contributed by atoms with E-state index in [-0.39, 0.29) is 6.42 Å². The third kappa shape index (κ3) is 5.05. The van der Waals surface area contributed by atoms with Gasteiger partial charge >= 0.3 is 50.8 Å². The Bertz CT molecular complexity index is 716. The van der Waals surface area contributed by atoms with Crippen molar-refractivity contribution in [2.24, 2.45) is 0 Å². The van der Waals surface area contributed by atoms with Crippen LogP contribution in [0.15, 0.2) is 0 Å². The lowest BCUT2D eigenvalue weighted by atomic mass is 9.85. The maximum absolute atomic E-state index is 14.5. The molecule has 0 radical (unpaired) electrons. The van der Waals surface area contributed by atoms with Crippen LogP contribution in [0, 0.1) is 0 Å². The molecule has 0 aromatic carbocycles. The molecule has 0 aliphatic heterocycles. The third-order valence-electron chi connectivity index (χ3n) is 4.55. The summed E-state index contributed by atoms with van der Waals surface area (Å²) in [6, 6.07) is -0.623. The molecule has 0 rings (SSSR count). The van der Waals surface area contributed by atoms with Crippen LogP contribution in [0.25, 0.3) is 0 Å². The molecule has 212 valence electrons. The fourth-order valence-electron chi connectivity index (χ4n) is 2.36. The van der Waals surface area contributed by atoms with Gasteiger partial charge in [-0.25, -0.2) is 4.39 Å². The van der Waals surface area contributed by atoms with Gasteiger partial charge in [0.2, 0.25) is 0 Å². The van der Waals surface area contributed by atoms with Crippen molar-refractivity contribution in [2.45, 2.75) is 67.0 Å². The Kier molecular flexibility index (Phi) is 9.35. The van der Waals surface area contributed by atoms with Crippen molar-refractivity contribution < 1.29 is 87.9 Å². The van der Waals surface area contributed by atoms with E-state index >= 15 is 0 Å². The number of hydrogen-bond donors (Lipinski definition) is 0. The molecular formula is C14H15F17O3Si. The summed E-state index contributed by atoms with van der Waals surface area (Å²) in [5.41, 5.74) is -7.07. The summed E-state index contributed by atoms with van der Waals surface area (Å²) in [6.45, 7) is -2.16. The molecule has 0 heterocycles. The monoisotopic (exact) mass is 582 g/mol. The molecule has 3 nitrogen and oxygen atoms in total. The average Bonchev–Trinajstić information content (AvgIpc) is 2.68. The average molecular weight is 582 g/mol. The first-order valence-corrected chi connectivity index (χ1v) is 10.5. The van der Waals surface area contributed by atoms with Gasteiger partial charge in [-0.05, 0) is 0 Å². The zero-order chi connectivity index (χ0) is 28.7. The highest BCUT2D eigenvalue weighted by molar-refractivity contribution is 6.60. The SMILES string of the molecule is CCC[Si](OC)(OC)OCC(F)(C(F)(F)F)C(F)(F)C(F)(F)C(F)(F)C(F)(F)C(F)(F)C(F)(F)F. The first kappa shape index (κ1) is 33.9. The number of halogens is 17. The van der Waals surface area contributed by atoms with Crippen molar-refractivity contribution in [2.75, 3.05) is 20.8 Å². The molecule has 21 heteroatoms. The number of rotatable bonds is 12. The Morgan fingerprint density at radius 1 is 0.514 bits per heavy atom. The minimum absolute atomic E-state index is 0.164. The van der Waals surface area contributed by atoms with Crippen LogP contribution in [0.2, 0.25) is 6.04 Å². The van der Waals surface area contributed by atoms with E-state index in [1.54, 1.807) is 0 Å². The third-order valence-corrected chi connectivity index (χ3v) is 7.49. The Labute approximate surface area is 185 Å². The van der Waals surface area contributed by atoms with Gasteiger partial charge in [0.1, 0.15) is 0 Å². The van der Waals surface area contributed by atoms with Crippen LogP contribution in [-0.4, -0.2) is 77.3 Å². The molecule has 35 heavy (non-hydrogen) atoms. The van der Waals surface area contributed by atoms with Crippen LogP contribution in [0.3, 0.4) is 0 Å². The zero-order valence-corrected chi connectivity index (χ0v) is 18.3. The van der Waals surface area contributed by atoms with E-state index in [0.717, 1.165) is 0 Å². The van der Waals surface area contributed by atoms with Gasteiger partial charge in [-0.1, -0.05) is 13.3 Å². The lowest BCUT2D eigenvalue weighted by Gasteiger charge is -2.44. The van der Waals surface area contributed by atoms with E-state index < -0.39 is 69.1 Å². The number of alkyl halides is 17. The molecule has 0 saturated carbocycles. The van der Waals surface area contributed by atoms with Crippen molar-refractivity contribution in [3.8, 4) is 0 Å². The molecule has 0 saturated heterocycles. The van der Waals surface area contributed by atoms with E-state index in [1.165, 1.54) is 6.92 Å². The Hall–Kier alpha value is -1.09. The topological polar surface area (TPSA) is 27.7 Å². The van der Waals surface area contributed by atoms with Crippen LogP contribution < -0.4 is 0 Å². The lowest BCUT2D eigenvalue weighted by Crippen LogP contribution is -2.76. The molecule has 0 bridgehead atoms. The van der Waals surface area contributed by atoms with E-state index in [9.17, 15) is 74.6 Å². The molecule has 1 atom stereocenters. The second-order valence-corrected chi connectivity index (χ2v) is 9.77. The fraction of sp³-hybridized carbons (Fsp3) is 1.00. The normalized spacial score (nSPS) is 17.5. The van der Waals surface area contributed by atoms with Crippen LogP contribution >= 0.6 is 0 Å². The summed E-state index contributed by atoms with van der Waals surface area (Å²) in [5, 5.41) is 0. The van der Waals surface area contributed by atoms with Gasteiger partial charge in [-0.15, -0.1) is 0 Å². The summed E-state index contributed by atoms with van der Waals surface area (Å²) in [7, 11) is -3.44. The summed E-state index contributed by atoms with van der Waals surface area (Å²) in [4.78, 5) is 0. The molecular weight excluding hydrogens is 567 g/mol. The molecule has 0 aliphatic carbocycles. The fourth-order valence-corrected chi connectivity index (χ4v) is 4.35. The van der Waals surface area contributed by atoms with Crippen molar-refractivity contribution in [3.05, 3.63) is 0 Å². The summed E-state index contributed by atoms with van der Waals surface area (Å²) in [6.07, 6.45) is -15.3. The second-order valence-electron chi connectivity index (χ2n) is 6.80. The van der Waals surface area contributed by atoms with Gasteiger partial charge in [0, 0.05) is 20.3 Å². The Balaban J connectivity index is 6.89. The quantitative estimate of drug-likeness (QED) is 0.191. The van der Waals surface area contributed by atoms with Crippen molar-refractivity contribution in [3.63, 3.8) is 0 Å². The molecule has 0 aromatic heterocycles. The van der Waals surface area contributed by atoms with Crippen LogP contribution in [0.1, 0.15) is 13.3 Å². The molecule has 0 aliphatic rings. The summed E-state index contributed by atoms with van der Waals surface area (Å²) < 4.78 is 238. The van der Waals surface area contributed by atoms with Crippen molar-refractivity contribution in [1.29, 1.82) is 0 Å². The minimum atomic E-state index is -8.62. The molecule has 0 aromatic rings.